The van der Waals surface area contributed by atoms with Crippen LogP contribution in [0.3, 0.4) is 0 Å². The van der Waals surface area contributed by atoms with Gasteiger partial charge < -0.3 is 0 Å². The van der Waals surface area contributed by atoms with E-state index in [1.54, 1.807) is 0 Å². The van der Waals surface area contributed by atoms with Crippen molar-refractivity contribution >= 4 is 11.6 Å². The molecule has 0 radical (unpaired) electrons. The molecule has 0 N–H and O–H groups in total. The lowest BCUT2D eigenvalue weighted by molar-refractivity contribution is 0.468. The Hall–Kier alpha value is -1.48. The Labute approximate surface area is 117 Å². The van der Waals surface area contributed by atoms with Crippen molar-refractivity contribution in [3.05, 3.63) is 45.3 Å². The van der Waals surface area contributed by atoms with Gasteiger partial charge in [0.05, 0.1) is 5.56 Å². The zero-order chi connectivity index (χ0) is 13.4. The normalized spacial score (nSPS) is 15.1. The molecule has 3 nitrogen and oxygen atoms in total. The van der Waals surface area contributed by atoms with Gasteiger partial charge in [-0.25, -0.2) is 4.68 Å². The summed E-state index contributed by atoms with van der Waals surface area (Å²) in [5.74, 6) is 0. The lowest BCUT2D eigenvalue weighted by Gasteiger charge is -2.08. The van der Waals surface area contributed by atoms with Crippen molar-refractivity contribution in [2.45, 2.75) is 39.3 Å². The summed E-state index contributed by atoms with van der Waals surface area (Å²) in [4.78, 5) is 12.6. The van der Waals surface area contributed by atoms with Gasteiger partial charge in [-0.1, -0.05) is 23.7 Å². The maximum Gasteiger partial charge on any atom is 0.274 e. The highest BCUT2D eigenvalue weighted by atomic mass is 35.5. The lowest BCUT2D eigenvalue weighted by Crippen LogP contribution is -2.22. The molecular formula is C15H17ClN2O. The minimum Gasteiger partial charge on any atom is -0.286 e. The fourth-order valence-corrected chi connectivity index (χ4v) is 2.99. The maximum atomic E-state index is 12.6. The third kappa shape index (κ3) is 2.12. The Bertz CT molecular complexity index is 652. The highest BCUT2D eigenvalue weighted by Gasteiger charge is 2.19. The quantitative estimate of drug-likeness (QED) is 0.784. The molecule has 1 aromatic heterocycles. The van der Waals surface area contributed by atoms with E-state index in [1.807, 2.05) is 35.9 Å². The van der Waals surface area contributed by atoms with Crippen LogP contribution in [0.1, 0.15) is 25.0 Å². The van der Waals surface area contributed by atoms with Crippen molar-refractivity contribution in [3.63, 3.8) is 0 Å². The van der Waals surface area contributed by atoms with E-state index in [-0.39, 0.29) is 5.56 Å². The average molecular weight is 277 g/mol. The van der Waals surface area contributed by atoms with Crippen LogP contribution in [0.25, 0.3) is 11.1 Å². The molecule has 0 unspecified atom stereocenters. The van der Waals surface area contributed by atoms with E-state index in [4.69, 9.17) is 11.6 Å². The molecule has 3 rings (SSSR count). The second-order valence-corrected chi connectivity index (χ2v) is 5.52. The number of aromatic nitrogens is 2. The van der Waals surface area contributed by atoms with Crippen LogP contribution in [-0.4, -0.2) is 9.36 Å². The zero-order valence-corrected chi connectivity index (χ0v) is 11.8. The predicted octanol–water partition coefficient (Wildman–Crippen LogP) is 3.46. The molecule has 1 aliphatic heterocycles. The Morgan fingerprint density at radius 2 is 1.63 bits per heavy atom. The van der Waals surface area contributed by atoms with E-state index < -0.39 is 0 Å². The molecule has 0 atom stereocenters. The maximum absolute atomic E-state index is 12.6. The van der Waals surface area contributed by atoms with Crippen LogP contribution in [0.15, 0.2) is 29.1 Å². The number of nitrogens with zero attached hydrogens (tertiary/aromatic N) is 2. The molecule has 2 heterocycles. The van der Waals surface area contributed by atoms with Gasteiger partial charge in [0.2, 0.25) is 0 Å². The van der Waals surface area contributed by atoms with Gasteiger partial charge in [0.1, 0.15) is 0 Å². The average Bonchev–Trinajstić information content (AvgIpc) is 2.61. The Kier molecular flexibility index (Phi) is 3.23. The zero-order valence-electron chi connectivity index (χ0n) is 11.0. The van der Waals surface area contributed by atoms with Gasteiger partial charge in [-0.05, 0) is 43.9 Å². The third-order valence-corrected chi connectivity index (χ3v) is 4.11. The second kappa shape index (κ2) is 4.89. The molecule has 100 valence electrons. The Morgan fingerprint density at radius 3 is 2.32 bits per heavy atom. The van der Waals surface area contributed by atoms with Gasteiger partial charge in [0, 0.05) is 23.8 Å². The van der Waals surface area contributed by atoms with Crippen molar-refractivity contribution in [3.8, 4) is 11.1 Å². The van der Waals surface area contributed by atoms with E-state index in [2.05, 4.69) is 4.68 Å². The highest BCUT2D eigenvalue weighted by Crippen LogP contribution is 2.24. The summed E-state index contributed by atoms with van der Waals surface area (Å²) in [5, 5.41) is 0.697. The SMILES string of the molecule is Cc1c(-c2ccc(Cl)cc2)c(=O)n2n1CCCCC2. The molecule has 4 heteroatoms. The first kappa shape index (κ1) is 12.5. The van der Waals surface area contributed by atoms with Crippen molar-refractivity contribution in [2.24, 2.45) is 0 Å². The minimum atomic E-state index is 0.127. The van der Waals surface area contributed by atoms with Crippen molar-refractivity contribution in [1.29, 1.82) is 0 Å². The molecule has 19 heavy (non-hydrogen) atoms. The van der Waals surface area contributed by atoms with E-state index in [9.17, 15) is 4.79 Å². The number of rotatable bonds is 1. The number of hydrogen-bond donors (Lipinski definition) is 0. The van der Waals surface area contributed by atoms with E-state index in [0.717, 1.165) is 42.8 Å². The molecule has 1 aromatic carbocycles. The van der Waals surface area contributed by atoms with E-state index >= 15 is 0 Å². The summed E-state index contributed by atoms with van der Waals surface area (Å²) >= 11 is 5.91. The predicted molar refractivity (Wildman–Crippen MR) is 77.7 cm³/mol. The molecule has 2 aromatic rings. The smallest absolute Gasteiger partial charge is 0.274 e. The first-order valence-electron chi connectivity index (χ1n) is 6.74. The van der Waals surface area contributed by atoms with Gasteiger partial charge in [0.15, 0.2) is 0 Å². The van der Waals surface area contributed by atoms with Crippen LogP contribution < -0.4 is 5.56 Å². The van der Waals surface area contributed by atoms with E-state index in [1.165, 1.54) is 6.42 Å². The summed E-state index contributed by atoms with van der Waals surface area (Å²) in [5.41, 5.74) is 2.97. The van der Waals surface area contributed by atoms with Crippen molar-refractivity contribution in [1.82, 2.24) is 9.36 Å². The molecule has 0 amide bonds. The van der Waals surface area contributed by atoms with Gasteiger partial charge in [-0.15, -0.1) is 0 Å². The summed E-state index contributed by atoms with van der Waals surface area (Å²) in [6.45, 7) is 3.80. The van der Waals surface area contributed by atoms with E-state index in [0.29, 0.717) is 5.02 Å². The summed E-state index contributed by atoms with van der Waals surface area (Å²) in [7, 11) is 0. The van der Waals surface area contributed by atoms with Crippen molar-refractivity contribution in [2.75, 3.05) is 0 Å². The molecule has 0 aliphatic carbocycles. The fraction of sp³-hybridized carbons (Fsp3) is 0.400. The number of benzene rings is 1. The van der Waals surface area contributed by atoms with Crippen LogP contribution >= 0.6 is 11.6 Å². The van der Waals surface area contributed by atoms with Crippen molar-refractivity contribution < 1.29 is 0 Å². The topological polar surface area (TPSA) is 26.9 Å². The largest absolute Gasteiger partial charge is 0.286 e. The first-order valence-corrected chi connectivity index (χ1v) is 7.12. The molecule has 0 saturated heterocycles. The van der Waals surface area contributed by atoms with Crippen LogP contribution in [0.4, 0.5) is 0 Å². The number of fused-ring (bicyclic) bond motifs is 1. The number of hydrogen-bond acceptors (Lipinski definition) is 1. The summed E-state index contributed by atoms with van der Waals surface area (Å²) in [6.07, 6.45) is 3.43. The van der Waals surface area contributed by atoms with Crippen LogP contribution in [-0.2, 0) is 13.1 Å². The Morgan fingerprint density at radius 1 is 1.00 bits per heavy atom. The second-order valence-electron chi connectivity index (χ2n) is 5.08. The minimum absolute atomic E-state index is 0.127. The van der Waals surface area contributed by atoms with Crippen LogP contribution in [0, 0.1) is 6.92 Å². The lowest BCUT2D eigenvalue weighted by atomic mass is 10.1. The van der Waals surface area contributed by atoms with Gasteiger partial charge in [-0.3, -0.25) is 9.48 Å². The van der Waals surface area contributed by atoms with Gasteiger partial charge in [0.25, 0.3) is 5.56 Å². The fourth-order valence-electron chi connectivity index (χ4n) is 2.86. The summed E-state index contributed by atoms with van der Waals surface area (Å²) < 4.78 is 4.03. The monoisotopic (exact) mass is 276 g/mol. The van der Waals surface area contributed by atoms with Gasteiger partial charge >= 0.3 is 0 Å². The standard InChI is InChI=1S/C15H17ClN2O/c1-11-14(12-5-7-13(16)8-6-12)15(19)18-10-4-2-3-9-17(11)18/h5-8H,2-4,9-10H2,1H3. The molecule has 1 aliphatic rings. The summed E-state index contributed by atoms with van der Waals surface area (Å²) in [6, 6.07) is 7.52. The molecule has 0 saturated carbocycles. The molecule has 0 bridgehead atoms. The van der Waals surface area contributed by atoms with Gasteiger partial charge in [-0.2, -0.15) is 0 Å². The number of halogens is 1. The Balaban J connectivity index is 2.17. The first-order chi connectivity index (χ1) is 9.18. The van der Waals surface area contributed by atoms with Crippen LogP contribution in [0.2, 0.25) is 5.02 Å². The third-order valence-electron chi connectivity index (χ3n) is 3.86. The van der Waals surface area contributed by atoms with Crippen LogP contribution in [0.5, 0.6) is 0 Å². The molecule has 0 spiro atoms. The molecule has 0 fully saturated rings. The molecular weight excluding hydrogens is 260 g/mol. The highest BCUT2D eigenvalue weighted by molar-refractivity contribution is 6.30.